The van der Waals surface area contributed by atoms with Crippen LogP contribution in [0.2, 0.25) is 0 Å². The number of hydrogen-bond donors (Lipinski definition) is 3. The molecule has 1 amide bonds. The van der Waals surface area contributed by atoms with Gasteiger partial charge in [0.25, 0.3) is 0 Å². The number of carbonyl (C=O) groups is 1. The largest absolute Gasteiger partial charge is 0.396 e. The van der Waals surface area contributed by atoms with Crippen LogP contribution < -0.4 is 11.1 Å². The first-order valence-electron chi connectivity index (χ1n) is 6.09. The molecule has 0 aliphatic heterocycles. The normalized spacial score (nSPS) is 11.5. The zero-order valence-electron chi connectivity index (χ0n) is 10.6. The molecule has 4 nitrogen and oxygen atoms in total. The molecule has 0 aliphatic carbocycles. The van der Waals surface area contributed by atoms with E-state index >= 15 is 0 Å². The van der Waals surface area contributed by atoms with Gasteiger partial charge in [0.2, 0.25) is 5.91 Å². The van der Waals surface area contributed by atoms with Crippen molar-refractivity contribution in [3.63, 3.8) is 0 Å². The van der Waals surface area contributed by atoms with Crippen molar-refractivity contribution in [2.45, 2.75) is 46.0 Å². The molecule has 0 saturated heterocycles. The fraction of sp³-hybridized carbons (Fsp3) is 0.917. The highest BCUT2D eigenvalue weighted by Gasteiger charge is 2.17. The minimum absolute atomic E-state index is 0.0261. The van der Waals surface area contributed by atoms with Gasteiger partial charge in [0.15, 0.2) is 0 Å². The Morgan fingerprint density at radius 3 is 2.56 bits per heavy atom. The summed E-state index contributed by atoms with van der Waals surface area (Å²) in [6.07, 6.45) is 4.20. The Kier molecular flexibility index (Phi) is 8.21. The van der Waals surface area contributed by atoms with Gasteiger partial charge in [-0.25, -0.2) is 0 Å². The lowest BCUT2D eigenvalue weighted by molar-refractivity contribution is -0.121. The van der Waals surface area contributed by atoms with Crippen molar-refractivity contribution < 1.29 is 9.90 Å². The molecule has 0 spiro atoms. The second kappa shape index (κ2) is 8.53. The van der Waals surface area contributed by atoms with Gasteiger partial charge in [0.05, 0.1) is 0 Å². The minimum Gasteiger partial charge on any atom is -0.396 e. The van der Waals surface area contributed by atoms with E-state index in [0.29, 0.717) is 25.9 Å². The van der Waals surface area contributed by atoms with Gasteiger partial charge in [-0.15, -0.1) is 0 Å². The first-order valence-corrected chi connectivity index (χ1v) is 6.09. The minimum atomic E-state index is -0.0261. The van der Waals surface area contributed by atoms with Gasteiger partial charge in [0.1, 0.15) is 0 Å². The smallest absolute Gasteiger partial charge is 0.220 e. The number of aliphatic hydroxyl groups excluding tert-OH is 1. The lowest BCUT2D eigenvalue weighted by Gasteiger charge is -2.23. The zero-order chi connectivity index (χ0) is 12.4. The number of aliphatic hydroxyl groups is 1. The Bertz CT molecular complexity index is 193. The predicted octanol–water partition coefficient (Wildman–Crippen LogP) is 1.03. The van der Waals surface area contributed by atoms with E-state index in [4.69, 9.17) is 10.8 Å². The van der Waals surface area contributed by atoms with E-state index in [1.165, 1.54) is 0 Å². The fourth-order valence-corrected chi connectivity index (χ4v) is 1.42. The number of rotatable bonds is 9. The molecule has 0 saturated carbocycles. The third kappa shape index (κ3) is 8.68. The van der Waals surface area contributed by atoms with E-state index in [-0.39, 0.29) is 17.9 Å². The molecule has 0 aromatic carbocycles. The number of hydrogen-bond acceptors (Lipinski definition) is 3. The van der Waals surface area contributed by atoms with Crippen molar-refractivity contribution in [1.82, 2.24) is 5.32 Å². The van der Waals surface area contributed by atoms with E-state index in [9.17, 15) is 4.79 Å². The van der Waals surface area contributed by atoms with Gasteiger partial charge in [0, 0.05) is 19.6 Å². The number of amides is 1. The van der Waals surface area contributed by atoms with Crippen LogP contribution >= 0.6 is 0 Å². The average Bonchev–Trinajstić information content (AvgIpc) is 2.22. The van der Waals surface area contributed by atoms with Crippen LogP contribution in [0, 0.1) is 5.41 Å². The quantitative estimate of drug-likeness (QED) is 0.518. The van der Waals surface area contributed by atoms with Crippen molar-refractivity contribution in [2.75, 3.05) is 19.7 Å². The second-order valence-electron chi connectivity index (χ2n) is 5.01. The molecule has 16 heavy (non-hydrogen) atoms. The highest BCUT2D eigenvalue weighted by Crippen LogP contribution is 2.17. The fourth-order valence-electron chi connectivity index (χ4n) is 1.42. The average molecular weight is 230 g/mol. The van der Waals surface area contributed by atoms with Crippen molar-refractivity contribution in [2.24, 2.45) is 11.1 Å². The highest BCUT2D eigenvalue weighted by atomic mass is 16.3. The van der Waals surface area contributed by atoms with Crippen molar-refractivity contribution in [3.8, 4) is 0 Å². The SMILES string of the molecule is CC(C)(CCO)CNC(=O)CCCCCN. The summed E-state index contributed by atoms with van der Waals surface area (Å²) in [5.41, 5.74) is 5.34. The Morgan fingerprint density at radius 1 is 1.31 bits per heavy atom. The Morgan fingerprint density at radius 2 is 2.00 bits per heavy atom. The van der Waals surface area contributed by atoms with E-state index in [2.05, 4.69) is 5.32 Å². The number of unbranched alkanes of at least 4 members (excludes halogenated alkanes) is 2. The topological polar surface area (TPSA) is 75.3 Å². The summed E-state index contributed by atoms with van der Waals surface area (Å²) < 4.78 is 0. The molecule has 0 unspecified atom stereocenters. The van der Waals surface area contributed by atoms with E-state index in [1.807, 2.05) is 13.8 Å². The van der Waals surface area contributed by atoms with Crippen LogP contribution in [-0.4, -0.2) is 30.7 Å². The third-order valence-corrected chi connectivity index (χ3v) is 2.66. The Balaban J connectivity index is 3.56. The van der Waals surface area contributed by atoms with Gasteiger partial charge in [-0.05, 0) is 31.2 Å². The number of nitrogens with one attached hydrogen (secondary N) is 1. The van der Waals surface area contributed by atoms with Gasteiger partial charge in [-0.3, -0.25) is 4.79 Å². The lowest BCUT2D eigenvalue weighted by Crippen LogP contribution is -2.34. The monoisotopic (exact) mass is 230 g/mol. The van der Waals surface area contributed by atoms with Gasteiger partial charge in [-0.1, -0.05) is 20.3 Å². The molecule has 96 valence electrons. The molecule has 0 atom stereocenters. The van der Waals surface area contributed by atoms with Gasteiger partial charge >= 0.3 is 0 Å². The van der Waals surface area contributed by atoms with Gasteiger partial charge in [-0.2, -0.15) is 0 Å². The summed E-state index contributed by atoms with van der Waals surface area (Å²) in [4.78, 5) is 11.5. The first-order chi connectivity index (χ1) is 7.52. The zero-order valence-corrected chi connectivity index (χ0v) is 10.6. The summed E-state index contributed by atoms with van der Waals surface area (Å²) >= 11 is 0. The van der Waals surface area contributed by atoms with E-state index in [0.717, 1.165) is 19.3 Å². The van der Waals surface area contributed by atoms with E-state index in [1.54, 1.807) is 0 Å². The van der Waals surface area contributed by atoms with Crippen molar-refractivity contribution in [1.29, 1.82) is 0 Å². The molecule has 0 bridgehead atoms. The first kappa shape index (κ1) is 15.4. The number of carbonyl (C=O) groups excluding carboxylic acids is 1. The number of nitrogens with two attached hydrogens (primary N) is 1. The molecular weight excluding hydrogens is 204 g/mol. The highest BCUT2D eigenvalue weighted by molar-refractivity contribution is 5.75. The van der Waals surface area contributed by atoms with E-state index < -0.39 is 0 Å². The Hall–Kier alpha value is -0.610. The maximum atomic E-state index is 11.5. The summed E-state index contributed by atoms with van der Waals surface area (Å²) in [5, 5.41) is 11.7. The summed E-state index contributed by atoms with van der Waals surface area (Å²) in [5.74, 6) is 0.100. The standard InChI is InChI=1S/C12H26N2O2/c1-12(2,7-9-15)10-14-11(16)6-4-3-5-8-13/h15H,3-10,13H2,1-2H3,(H,14,16). The molecule has 0 aromatic rings. The summed E-state index contributed by atoms with van der Waals surface area (Å²) in [6.45, 7) is 5.57. The van der Waals surface area contributed by atoms with Crippen molar-refractivity contribution >= 4 is 5.91 Å². The maximum absolute atomic E-state index is 11.5. The maximum Gasteiger partial charge on any atom is 0.220 e. The molecule has 0 radical (unpaired) electrons. The van der Waals surface area contributed by atoms with Gasteiger partial charge < -0.3 is 16.2 Å². The molecular formula is C12H26N2O2. The van der Waals surface area contributed by atoms with Crippen LogP contribution in [0.4, 0.5) is 0 Å². The molecule has 0 aliphatic rings. The third-order valence-electron chi connectivity index (χ3n) is 2.66. The summed E-state index contributed by atoms with van der Waals surface area (Å²) in [6, 6.07) is 0. The Labute approximate surface area is 98.6 Å². The van der Waals surface area contributed by atoms with Crippen LogP contribution in [0.15, 0.2) is 0 Å². The second-order valence-corrected chi connectivity index (χ2v) is 5.01. The van der Waals surface area contributed by atoms with Crippen LogP contribution in [0.25, 0.3) is 0 Å². The molecule has 4 N–H and O–H groups in total. The molecule has 4 heteroatoms. The van der Waals surface area contributed by atoms with Crippen LogP contribution in [0.3, 0.4) is 0 Å². The molecule has 0 fully saturated rings. The van der Waals surface area contributed by atoms with Crippen LogP contribution in [0.5, 0.6) is 0 Å². The molecule has 0 rings (SSSR count). The predicted molar refractivity (Wildman–Crippen MR) is 66.0 cm³/mol. The lowest BCUT2D eigenvalue weighted by atomic mass is 9.90. The van der Waals surface area contributed by atoms with Crippen LogP contribution in [-0.2, 0) is 4.79 Å². The molecule has 0 heterocycles. The molecule has 0 aromatic heterocycles. The van der Waals surface area contributed by atoms with Crippen LogP contribution in [0.1, 0.15) is 46.0 Å². The summed E-state index contributed by atoms with van der Waals surface area (Å²) in [7, 11) is 0. The van der Waals surface area contributed by atoms with Crippen molar-refractivity contribution in [3.05, 3.63) is 0 Å².